The number of carbonyl (C=O) groups is 14. The van der Waals surface area contributed by atoms with Gasteiger partial charge in [-0.15, -0.1) is 0 Å². The highest BCUT2D eigenvalue weighted by molar-refractivity contribution is 8.03. The minimum Gasteiger partial charge on any atom is -0.480 e. The summed E-state index contributed by atoms with van der Waals surface area (Å²) in [6.45, 7) is -4.73. The quantitative estimate of drug-likeness (QED) is 0.0275. The molecule has 1 aromatic heterocycles. The molecule has 1 aliphatic heterocycles. The summed E-state index contributed by atoms with van der Waals surface area (Å²) in [6.07, 6.45) is 9.41. The van der Waals surface area contributed by atoms with Crippen LogP contribution in [-0.4, -0.2) is 300 Å². The molecule has 0 spiro atoms. The van der Waals surface area contributed by atoms with E-state index in [9.17, 15) is 113 Å². The summed E-state index contributed by atoms with van der Waals surface area (Å²) < 4.78 is 37.4. The highest BCUT2D eigenvalue weighted by atomic mass is 32.2. The van der Waals surface area contributed by atoms with Gasteiger partial charge in [0.2, 0.25) is 17.3 Å². The van der Waals surface area contributed by atoms with Gasteiger partial charge in [0, 0.05) is 87.5 Å². The van der Waals surface area contributed by atoms with E-state index in [4.69, 9.17) is 28.4 Å². The van der Waals surface area contributed by atoms with Crippen LogP contribution in [0.25, 0.3) is 17.0 Å². The number of para-hydroxylation sites is 2. The Kier molecular flexibility index (Phi) is 46.7. The zero-order chi connectivity index (χ0) is 84.5. The van der Waals surface area contributed by atoms with E-state index in [0.29, 0.717) is 32.2 Å². The van der Waals surface area contributed by atoms with Crippen molar-refractivity contribution in [2.45, 2.75) is 152 Å². The highest BCUT2D eigenvalue weighted by Gasteiger charge is 2.36. The second-order valence-electron chi connectivity index (χ2n) is 27.5. The van der Waals surface area contributed by atoms with Crippen LogP contribution in [0.2, 0.25) is 0 Å². The van der Waals surface area contributed by atoms with Crippen LogP contribution in [-0.2, 0) is 102 Å². The number of anilines is 1. The molecule has 115 heavy (non-hydrogen) atoms. The summed E-state index contributed by atoms with van der Waals surface area (Å²) in [6, 6.07) is 14.1. The van der Waals surface area contributed by atoms with Crippen LogP contribution in [0.1, 0.15) is 128 Å². The largest absolute Gasteiger partial charge is 0.480 e. The van der Waals surface area contributed by atoms with Crippen molar-refractivity contribution in [1.29, 1.82) is 0 Å². The zero-order valence-electron chi connectivity index (χ0n) is 64.9. The number of ether oxygens (including phenoxy) is 6. The number of fused-ring (bicyclic) bond motifs is 2. The number of nitrogens with one attached hydrogen (secondary N) is 2. The number of aliphatic carboxylic acids is 9. The Bertz CT molecular complexity index is 3490. The van der Waals surface area contributed by atoms with E-state index in [1.165, 1.54) is 10.6 Å². The molecule has 2 aromatic carbocycles. The van der Waals surface area contributed by atoms with E-state index in [1.54, 1.807) is 11.8 Å². The Labute approximate surface area is 670 Å². The molecule has 36 nitrogen and oxygen atoms in total. The molecule has 3 aromatic rings. The fourth-order valence-corrected chi connectivity index (χ4v) is 13.7. The lowest BCUT2D eigenvalue weighted by atomic mass is 9.84. The molecule has 0 bridgehead atoms. The molecule has 0 aliphatic carbocycles. The molecule has 2 amide bonds. The molecule has 0 fully saturated rings. The maximum Gasteiger partial charge on any atom is 0.320 e. The standard InChI is InChI=1S/C78H109N7O29S/c1-81-61-20-10-11-24-65(61)115-68(81)25-14-15-55-26-34-82(60-19-9-8-18-59(55)60)35-27-66(89)80-33-40-110-42-44-111-43-41-109-36-30-58(88)45-78(52-112-37-28-56(86)16-4-2-6-21-62(75(103)104)83(46-69(91)92)47-70(93)94,53-113-38-29-57(87)17-5-3-7-22-63(76(105)106)84(48-71(95)96)49-72(97)98)54-114-39-31-67(90)79-32-13-12-23-64(77(107)108)85(50-73(99)100)51-74(101)102/h8-11,14-15,18-20,24-26,34,62-64H,2-7,12-13,16-17,21-23,27-33,35-54H2,1H3,(H10-,79,80,89,90,91,92,93,94,95,96,97,98,99,100,101,102,103,104,105,106,107,108)/p+1. The van der Waals surface area contributed by atoms with E-state index >= 15 is 0 Å². The van der Waals surface area contributed by atoms with Gasteiger partial charge in [-0.3, -0.25) is 81.8 Å². The van der Waals surface area contributed by atoms with Crippen molar-refractivity contribution in [3.8, 4) is 0 Å². The van der Waals surface area contributed by atoms with Gasteiger partial charge in [0.25, 0.3) is 0 Å². The number of nitrogens with zero attached hydrogens (tertiary/aromatic N) is 5. The topological polar surface area (TPSA) is 517 Å². The number of aromatic nitrogens is 1. The van der Waals surface area contributed by atoms with Crippen LogP contribution in [0.4, 0.5) is 5.69 Å². The van der Waals surface area contributed by atoms with Crippen LogP contribution in [0.5, 0.6) is 0 Å². The summed E-state index contributed by atoms with van der Waals surface area (Å²) in [7, 11) is 2.05. The van der Waals surface area contributed by atoms with E-state index in [-0.39, 0.29) is 212 Å². The van der Waals surface area contributed by atoms with Crippen molar-refractivity contribution >= 4 is 117 Å². The number of Topliss-reactive ketones (excluding diaryl/α,β-unsaturated/α-hetero) is 3. The Morgan fingerprint density at radius 1 is 0.452 bits per heavy atom. The van der Waals surface area contributed by atoms with Crippen molar-refractivity contribution in [2.75, 3.05) is 144 Å². The lowest BCUT2D eigenvalue weighted by molar-refractivity contribution is -0.670. The van der Waals surface area contributed by atoms with Gasteiger partial charge in [0.1, 0.15) is 35.5 Å². The SMILES string of the molecule is CN1/C(=C/C=C/c2cc[n+](CCC(=O)NCCOCCOCCOCCC(=O)CC(COCCC(=O)CCCCCC(C(=O)O)N(CC(=O)O)CC(=O)O)(COCCC(=O)CCCCCC(C(=O)O)N(CC(=O)O)CC(=O)O)COCCC(=O)NCCCCC(C(=O)O)N(CC(=O)O)CC(=O)O)c3ccccc23)Sc2ccccc21. The van der Waals surface area contributed by atoms with Crippen LogP contribution in [0.3, 0.4) is 0 Å². The van der Waals surface area contributed by atoms with Gasteiger partial charge < -0.3 is 89.9 Å². The normalized spacial score (nSPS) is 13.7. The Morgan fingerprint density at radius 2 is 0.870 bits per heavy atom. The number of allylic oxidation sites excluding steroid dienone is 2. The highest BCUT2D eigenvalue weighted by Crippen LogP contribution is 2.44. The fourth-order valence-electron chi connectivity index (χ4n) is 12.6. The van der Waals surface area contributed by atoms with Gasteiger partial charge in [0.05, 0.1) is 141 Å². The number of hydrogen-bond acceptors (Lipinski definition) is 25. The first-order valence-electron chi connectivity index (χ1n) is 38.0. The van der Waals surface area contributed by atoms with Crippen molar-refractivity contribution in [3.05, 3.63) is 83.5 Å². The number of carboxylic acid groups (broad SMARTS) is 9. The van der Waals surface area contributed by atoms with Gasteiger partial charge in [-0.2, -0.15) is 4.57 Å². The summed E-state index contributed by atoms with van der Waals surface area (Å²) in [4.78, 5) is 176. The molecule has 4 rings (SSSR count). The number of carbonyl (C=O) groups excluding carboxylic acids is 5. The number of benzene rings is 2. The minimum absolute atomic E-state index is 0.0341. The first kappa shape index (κ1) is 97.7. The van der Waals surface area contributed by atoms with Crippen molar-refractivity contribution in [3.63, 3.8) is 0 Å². The summed E-state index contributed by atoms with van der Waals surface area (Å²) >= 11 is 1.72. The number of thioether (sulfide) groups is 1. The van der Waals surface area contributed by atoms with Crippen LogP contribution >= 0.6 is 11.8 Å². The Hall–Kier alpha value is -9.70. The third-order valence-corrected chi connectivity index (χ3v) is 19.5. The number of aryl methyl sites for hydroxylation is 1. The number of amides is 2. The minimum atomic E-state index is -1.44. The number of hydrogen-bond donors (Lipinski definition) is 11. The van der Waals surface area contributed by atoms with E-state index < -0.39 is 122 Å². The average Bonchev–Trinajstić information content (AvgIpc) is 1.79. The van der Waals surface area contributed by atoms with E-state index in [1.807, 2.05) is 60.3 Å². The molecule has 0 saturated carbocycles. The summed E-state index contributed by atoms with van der Waals surface area (Å²) in [5, 5.41) is 92.5. The van der Waals surface area contributed by atoms with Gasteiger partial charge in [-0.1, -0.05) is 73.9 Å². The Balaban J connectivity index is 1.34. The van der Waals surface area contributed by atoms with Gasteiger partial charge in [-0.25, -0.2) is 0 Å². The molecule has 636 valence electrons. The molecular weight excluding hydrogens is 1530 g/mol. The van der Waals surface area contributed by atoms with Crippen LogP contribution in [0, 0.1) is 5.41 Å². The Morgan fingerprint density at radius 3 is 1.36 bits per heavy atom. The number of ketones is 3. The van der Waals surface area contributed by atoms with E-state index in [0.717, 1.165) is 36.2 Å². The predicted octanol–water partition coefficient (Wildman–Crippen LogP) is 4.43. The maximum atomic E-state index is 14.0. The van der Waals surface area contributed by atoms with Crippen LogP contribution in [0.15, 0.2) is 82.9 Å². The van der Waals surface area contributed by atoms with Crippen molar-refractivity contribution < 1.29 is 146 Å². The fraction of sp³-hybridized carbons (Fsp3) is 0.577. The molecule has 37 heteroatoms. The summed E-state index contributed by atoms with van der Waals surface area (Å²) in [5.41, 5.74) is 1.86. The number of rotatable bonds is 69. The van der Waals surface area contributed by atoms with Crippen molar-refractivity contribution in [1.82, 2.24) is 25.3 Å². The maximum absolute atomic E-state index is 14.0. The summed E-state index contributed by atoms with van der Waals surface area (Å²) in [5.74, 6) is -14.2. The average molecular weight is 1640 g/mol. The first-order chi connectivity index (χ1) is 55.0. The third kappa shape index (κ3) is 40.4. The second kappa shape index (κ2) is 55.0. The van der Waals surface area contributed by atoms with E-state index in [2.05, 4.69) is 45.9 Å². The molecule has 3 unspecified atom stereocenters. The molecule has 11 N–H and O–H groups in total. The molecule has 0 radical (unpaired) electrons. The zero-order valence-corrected chi connectivity index (χ0v) is 65.7. The second-order valence-corrected chi connectivity index (χ2v) is 28.6. The molecular formula is C78H110N7O29S+. The number of pyridine rings is 1. The molecule has 3 atom stereocenters. The lowest BCUT2D eigenvalue weighted by Gasteiger charge is -2.33. The third-order valence-electron chi connectivity index (χ3n) is 18.3. The lowest BCUT2D eigenvalue weighted by Crippen LogP contribution is -2.46. The van der Waals surface area contributed by atoms with Gasteiger partial charge >= 0.3 is 53.7 Å². The number of carboxylic acids is 9. The monoisotopic (exact) mass is 1640 g/mol. The van der Waals surface area contributed by atoms with Crippen molar-refractivity contribution in [2.24, 2.45) is 5.41 Å². The molecule has 1 aliphatic rings. The molecule has 2 heterocycles. The first-order valence-corrected chi connectivity index (χ1v) is 38.9. The molecule has 0 saturated heterocycles. The smallest absolute Gasteiger partial charge is 0.320 e. The van der Waals surface area contributed by atoms with Crippen LogP contribution < -0.4 is 20.1 Å². The van der Waals surface area contributed by atoms with Gasteiger partial charge in [0.15, 0.2) is 12.7 Å². The predicted molar refractivity (Wildman–Crippen MR) is 413 cm³/mol. The van der Waals surface area contributed by atoms with Gasteiger partial charge in [-0.05, 0) is 74.8 Å². The number of unbranched alkanes of at least 4 members (excludes halogenated alkanes) is 5.